The highest BCUT2D eigenvalue weighted by atomic mass is 35.5. The molecule has 3 rings (SSSR count). The molecule has 0 spiro atoms. The summed E-state index contributed by atoms with van der Waals surface area (Å²) in [6.07, 6.45) is 5.15. The summed E-state index contributed by atoms with van der Waals surface area (Å²) in [4.78, 5) is 0. The Kier molecular flexibility index (Phi) is 5.25. The van der Waals surface area contributed by atoms with Crippen LogP contribution >= 0.6 is 23.2 Å². The minimum absolute atomic E-state index is 0. The summed E-state index contributed by atoms with van der Waals surface area (Å²) in [5, 5.41) is 15.7. The summed E-state index contributed by atoms with van der Waals surface area (Å²) in [6.45, 7) is 0.844. The van der Waals surface area contributed by atoms with Crippen LogP contribution in [0, 0.1) is 5.92 Å². The van der Waals surface area contributed by atoms with Gasteiger partial charge >= 0.3 is 0 Å². The molecule has 1 heterocycles. The van der Waals surface area contributed by atoms with Crippen LogP contribution in [-0.2, 0) is 0 Å². The van der Waals surface area contributed by atoms with Gasteiger partial charge in [-0.2, -0.15) is 0 Å². The minimum atomic E-state index is -0.517. The van der Waals surface area contributed by atoms with E-state index in [9.17, 15) is 5.11 Å². The molecule has 1 aliphatic heterocycles. The first-order chi connectivity index (χ1) is 9.10. The van der Waals surface area contributed by atoms with E-state index in [1.165, 1.54) is 6.42 Å². The Balaban J connectivity index is 0.00000147. The van der Waals surface area contributed by atoms with E-state index in [1.54, 1.807) is 6.07 Å². The van der Waals surface area contributed by atoms with Gasteiger partial charge in [-0.15, -0.1) is 0 Å². The molecule has 1 saturated carbocycles. The van der Waals surface area contributed by atoms with Crippen LogP contribution in [0.4, 0.5) is 0 Å². The molecular formula is C15H19Cl3NO-. The zero-order chi connectivity index (χ0) is 13.5. The molecule has 0 bridgehead atoms. The van der Waals surface area contributed by atoms with Gasteiger partial charge in [-0.05, 0) is 43.5 Å². The molecule has 2 nitrogen and oxygen atoms in total. The summed E-state index contributed by atoms with van der Waals surface area (Å²) in [5.74, 6) is 0.258. The Hall–Kier alpha value is 0.01000. The second kappa shape index (κ2) is 6.41. The van der Waals surface area contributed by atoms with Crippen molar-refractivity contribution in [1.29, 1.82) is 0 Å². The maximum Gasteiger partial charge on any atom is 0.0706 e. The van der Waals surface area contributed by atoms with Gasteiger partial charge in [-0.3, -0.25) is 0 Å². The molecule has 112 valence electrons. The molecule has 1 aromatic rings. The number of benzene rings is 1. The SMILES string of the molecule is OC12CCCCC1C(c1ccc(Cl)cc1Cl)NCC2.[Cl-]. The third-order valence-electron chi connectivity index (χ3n) is 4.69. The van der Waals surface area contributed by atoms with Crippen molar-refractivity contribution in [3.8, 4) is 0 Å². The van der Waals surface area contributed by atoms with Gasteiger partial charge in [0.1, 0.15) is 0 Å². The van der Waals surface area contributed by atoms with Crippen LogP contribution in [-0.4, -0.2) is 17.3 Å². The van der Waals surface area contributed by atoms with Crippen molar-refractivity contribution in [2.24, 2.45) is 5.92 Å². The molecule has 0 radical (unpaired) electrons. The molecule has 3 atom stereocenters. The van der Waals surface area contributed by atoms with E-state index in [2.05, 4.69) is 5.32 Å². The topological polar surface area (TPSA) is 32.3 Å². The lowest BCUT2D eigenvalue weighted by Crippen LogP contribution is -3.00. The molecule has 2 N–H and O–H groups in total. The highest BCUT2D eigenvalue weighted by Crippen LogP contribution is 2.46. The Morgan fingerprint density at radius 2 is 2.00 bits per heavy atom. The van der Waals surface area contributed by atoms with Gasteiger partial charge < -0.3 is 22.8 Å². The number of aliphatic hydroxyl groups is 1. The number of piperidine rings is 1. The summed E-state index contributed by atoms with van der Waals surface area (Å²) in [5.41, 5.74) is 0.549. The van der Waals surface area contributed by atoms with Crippen LogP contribution in [0.15, 0.2) is 18.2 Å². The number of rotatable bonds is 1. The monoisotopic (exact) mass is 334 g/mol. The molecule has 5 heteroatoms. The predicted octanol–water partition coefficient (Wildman–Crippen LogP) is 0.953. The molecule has 3 unspecified atom stereocenters. The van der Waals surface area contributed by atoms with Crippen LogP contribution in [0.25, 0.3) is 0 Å². The Morgan fingerprint density at radius 3 is 2.75 bits per heavy atom. The molecule has 2 aliphatic rings. The normalized spacial score (nSPS) is 33.1. The van der Waals surface area contributed by atoms with E-state index in [-0.39, 0.29) is 24.4 Å². The Morgan fingerprint density at radius 1 is 1.20 bits per heavy atom. The average Bonchev–Trinajstić information content (AvgIpc) is 2.37. The second-order valence-corrected chi connectivity index (χ2v) is 6.65. The van der Waals surface area contributed by atoms with Gasteiger partial charge in [-0.25, -0.2) is 0 Å². The minimum Gasteiger partial charge on any atom is -1.00 e. The first-order valence-electron chi connectivity index (χ1n) is 7.01. The fraction of sp³-hybridized carbons (Fsp3) is 0.600. The number of hydrogen-bond donors (Lipinski definition) is 2. The molecular weight excluding hydrogens is 317 g/mol. The Labute approximate surface area is 136 Å². The van der Waals surface area contributed by atoms with Crippen molar-refractivity contribution >= 4 is 23.2 Å². The van der Waals surface area contributed by atoms with Gasteiger partial charge in [0.15, 0.2) is 0 Å². The second-order valence-electron chi connectivity index (χ2n) is 5.80. The van der Waals surface area contributed by atoms with Crippen molar-refractivity contribution in [3.63, 3.8) is 0 Å². The van der Waals surface area contributed by atoms with E-state index < -0.39 is 5.60 Å². The van der Waals surface area contributed by atoms with Crippen molar-refractivity contribution in [3.05, 3.63) is 33.8 Å². The molecule has 0 aromatic heterocycles. The average molecular weight is 336 g/mol. The maximum absolute atomic E-state index is 10.9. The zero-order valence-electron chi connectivity index (χ0n) is 11.2. The molecule has 1 saturated heterocycles. The van der Waals surface area contributed by atoms with Crippen LogP contribution in [0.1, 0.15) is 43.7 Å². The lowest BCUT2D eigenvalue weighted by atomic mass is 9.67. The molecule has 0 amide bonds. The molecule has 20 heavy (non-hydrogen) atoms. The van der Waals surface area contributed by atoms with Gasteiger partial charge in [0.05, 0.1) is 5.60 Å². The third-order valence-corrected chi connectivity index (χ3v) is 5.25. The van der Waals surface area contributed by atoms with Crippen LogP contribution in [0.5, 0.6) is 0 Å². The zero-order valence-corrected chi connectivity index (χ0v) is 13.5. The number of nitrogens with one attached hydrogen (secondary N) is 1. The van der Waals surface area contributed by atoms with E-state index in [1.807, 2.05) is 12.1 Å². The third kappa shape index (κ3) is 2.95. The van der Waals surface area contributed by atoms with E-state index in [0.717, 1.165) is 37.8 Å². The van der Waals surface area contributed by atoms with E-state index >= 15 is 0 Å². The number of fused-ring (bicyclic) bond motifs is 1. The fourth-order valence-electron chi connectivity index (χ4n) is 3.70. The standard InChI is InChI=1S/C15H19Cl2NO.ClH/c16-10-4-5-11(13(17)9-10)14-12-3-1-2-6-15(12,19)7-8-18-14;/h4-5,9,12,14,18-19H,1-3,6-8H2;1H/p-1. The smallest absolute Gasteiger partial charge is 0.0706 e. The maximum atomic E-state index is 10.9. The van der Waals surface area contributed by atoms with Crippen molar-refractivity contribution in [1.82, 2.24) is 5.32 Å². The summed E-state index contributed by atoms with van der Waals surface area (Å²) in [6, 6.07) is 5.80. The van der Waals surface area contributed by atoms with Gasteiger partial charge in [-0.1, -0.05) is 42.1 Å². The molecule has 1 aromatic carbocycles. The fourth-order valence-corrected chi connectivity index (χ4v) is 4.23. The summed E-state index contributed by atoms with van der Waals surface area (Å²) in [7, 11) is 0. The number of halogens is 3. The van der Waals surface area contributed by atoms with Gasteiger partial charge in [0.25, 0.3) is 0 Å². The molecule has 1 aliphatic carbocycles. The van der Waals surface area contributed by atoms with Crippen LogP contribution < -0.4 is 17.7 Å². The summed E-state index contributed by atoms with van der Waals surface area (Å²) < 4.78 is 0. The van der Waals surface area contributed by atoms with E-state index in [4.69, 9.17) is 23.2 Å². The van der Waals surface area contributed by atoms with Gasteiger partial charge in [0.2, 0.25) is 0 Å². The predicted molar refractivity (Wildman–Crippen MR) is 78.7 cm³/mol. The lowest BCUT2D eigenvalue weighted by Gasteiger charge is -2.48. The van der Waals surface area contributed by atoms with Crippen molar-refractivity contribution in [2.75, 3.05) is 6.54 Å². The van der Waals surface area contributed by atoms with Gasteiger partial charge in [0, 0.05) is 22.0 Å². The quantitative estimate of drug-likeness (QED) is 0.801. The van der Waals surface area contributed by atoms with Crippen LogP contribution in [0.2, 0.25) is 10.0 Å². The number of hydrogen-bond acceptors (Lipinski definition) is 2. The largest absolute Gasteiger partial charge is 1.00 e. The molecule has 2 fully saturated rings. The lowest BCUT2D eigenvalue weighted by molar-refractivity contribution is -0.0861. The summed E-state index contributed by atoms with van der Waals surface area (Å²) >= 11 is 12.3. The van der Waals surface area contributed by atoms with Crippen molar-refractivity contribution in [2.45, 2.75) is 43.7 Å². The van der Waals surface area contributed by atoms with Crippen molar-refractivity contribution < 1.29 is 17.5 Å². The highest BCUT2D eigenvalue weighted by molar-refractivity contribution is 6.35. The van der Waals surface area contributed by atoms with E-state index in [0.29, 0.717) is 10.0 Å². The van der Waals surface area contributed by atoms with Crippen LogP contribution in [0.3, 0.4) is 0 Å². The Bertz CT molecular complexity index is 478. The first kappa shape index (κ1) is 16.4. The first-order valence-corrected chi connectivity index (χ1v) is 7.76. The highest BCUT2D eigenvalue weighted by Gasteiger charge is 2.46.